The van der Waals surface area contributed by atoms with Crippen LogP contribution in [0.25, 0.3) is 0 Å². The molecule has 134 valence electrons. The molecule has 1 aromatic carbocycles. The third kappa shape index (κ3) is 4.71. The molecule has 0 bridgehead atoms. The van der Waals surface area contributed by atoms with Gasteiger partial charge in [-0.05, 0) is 56.7 Å². The molecule has 0 spiro atoms. The van der Waals surface area contributed by atoms with Crippen molar-refractivity contribution in [3.63, 3.8) is 0 Å². The Morgan fingerprint density at radius 3 is 2.75 bits per heavy atom. The topological polar surface area (TPSA) is 30.9 Å². The molecule has 2 atom stereocenters. The van der Waals surface area contributed by atoms with Gasteiger partial charge in [-0.1, -0.05) is 12.1 Å². The highest BCUT2D eigenvalue weighted by molar-refractivity contribution is 5.30. The Morgan fingerprint density at radius 2 is 2.04 bits per heavy atom. The molecule has 0 N–H and O–H groups in total. The number of nitrogens with zero attached hydrogens (tertiary/aromatic N) is 1. The highest BCUT2D eigenvalue weighted by atomic mass is 16.5. The van der Waals surface area contributed by atoms with E-state index in [1.807, 2.05) is 6.07 Å². The van der Waals surface area contributed by atoms with Crippen molar-refractivity contribution in [2.45, 2.75) is 57.3 Å². The highest BCUT2D eigenvalue weighted by Gasteiger charge is 2.25. The maximum Gasteiger partial charge on any atom is 0.119 e. The first-order valence-corrected chi connectivity index (χ1v) is 9.37. The Morgan fingerprint density at radius 1 is 1.21 bits per heavy atom. The number of benzene rings is 1. The van der Waals surface area contributed by atoms with E-state index >= 15 is 0 Å². The van der Waals surface area contributed by atoms with Crippen LogP contribution in [0.4, 0.5) is 0 Å². The van der Waals surface area contributed by atoms with Gasteiger partial charge in [0.1, 0.15) is 5.75 Å². The van der Waals surface area contributed by atoms with Crippen LogP contribution in [0.15, 0.2) is 24.3 Å². The number of ether oxygens (including phenoxy) is 3. The van der Waals surface area contributed by atoms with Crippen molar-refractivity contribution in [3.8, 4) is 5.75 Å². The summed E-state index contributed by atoms with van der Waals surface area (Å²) in [6, 6.07) is 8.83. The molecule has 2 aliphatic rings. The van der Waals surface area contributed by atoms with Crippen LogP contribution in [0.1, 0.15) is 50.6 Å². The third-order valence-corrected chi connectivity index (χ3v) is 5.39. The molecule has 2 aliphatic heterocycles. The smallest absolute Gasteiger partial charge is 0.119 e. The van der Waals surface area contributed by atoms with Crippen molar-refractivity contribution >= 4 is 0 Å². The molecule has 24 heavy (non-hydrogen) atoms. The van der Waals surface area contributed by atoms with E-state index in [0.717, 1.165) is 51.3 Å². The van der Waals surface area contributed by atoms with Gasteiger partial charge in [0.15, 0.2) is 0 Å². The molecule has 0 aromatic heterocycles. The molecule has 4 nitrogen and oxygen atoms in total. The summed E-state index contributed by atoms with van der Waals surface area (Å²) >= 11 is 0. The van der Waals surface area contributed by atoms with E-state index in [1.54, 1.807) is 7.11 Å². The Kier molecular flexibility index (Phi) is 6.52. The lowest BCUT2D eigenvalue weighted by Crippen LogP contribution is -2.39. The van der Waals surface area contributed by atoms with Crippen molar-refractivity contribution in [2.75, 3.05) is 33.4 Å². The van der Waals surface area contributed by atoms with Crippen LogP contribution >= 0.6 is 0 Å². The fourth-order valence-corrected chi connectivity index (χ4v) is 3.72. The van der Waals surface area contributed by atoms with Crippen molar-refractivity contribution in [2.24, 2.45) is 0 Å². The number of hydrogen-bond donors (Lipinski definition) is 0. The molecule has 2 heterocycles. The third-order valence-electron chi connectivity index (χ3n) is 5.39. The van der Waals surface area contributed by atoms with Crippen LogP contribution in [0.3, 0.4) is 0 Å². The van der Waals surface area contributed by atoms with Gasteiger partial charge in [-0.15, -0.1) is 0 Å². The molecule has 1 aromatic rings. The zero-order valence-corrected chi connectivity index (χ0v) is 15.1. The van der Waals surface area contributed by atoms with E-state index in [2.05, 4.69) is 30.0 Å². The molecule has 0 saturated carbocycles. The summed E-state index contributed by atoms with van der Waals surface area (Å²) in [5, 5.41) is 0. The number of piperidine rings is 1. The quantitative estimate of drug-likeness (QED) is 0.792. The van der Waals surface area contributed by atoms with Crippen molar-refractivity contribution in [3.05, 3.63) is 29.8 Å². The van der Waals surface area contributed by atoms with Crippen molar-refractivity contribution in [1.82, 2.24) is 4.90 Å². The fraction of sp³-hybridized carbons (Fsp3) is 0.700. The predicted molar refractivity (Wildman–Crippen MR) is 95.5 cm³/mol. The summed E-state index contributed by atoms with van der Waals surface area (Å²) in [6.07, 6.45) is 6.59. The summed E-state index contributed by atoms with van der Waals surface area (Å²) in [5.41, 5.74) is 1.32. The largest absolute Gasteiger partial charge is 0.497 e. The Labute approximate surface area is 146 Å². The van der Waals surface area contributed by atoms with Gasteiger partial charge in [-0.2, -0.15) is 0 Å². The minimum atomic E-state index is 0.326. The monoisotopic (exact) mass is 333 g/mol. The van der Waals surface area contributed by atoms with Crippen LogP contribution in [0, 0.1) is 0 Å². The minimum Gasteiger partial charge on any atom is -0.497 e. The summed E-state index contributed by atoms with van der Waals surface area (Å²) in [6.45, 7) is 6.15. The van der Waals surface area contributed by atoms with Gasteiger partial charge in [0.25, 0.3) is 0 Å². The fourth-order valence-electron chi connectivity index (χ4n) is 3.72. The van der Waals surface area contributed by atoms with Crippen LogP contribution in [-0.2, 0) is 9.47 Å². The predicted octanol–water partition coefficient (Wildman–Crippen LogP) is 3.81. The molecule has 3 rings (SSSR count). The number of likely N-dealkylation sites (tertiary alicyclic amines) is 1. The zero-order chi connectivity index (χ0) is 16.8. The molecule has 4 heteroatoms. The van der Waals surface area contributed by atoms with Crippen LogP contribution in [0.5, 0.6) is 5.75 Å². The molecule has 0 radical (unpaired) electrons. The van der Waals surface area contributed by atoms with Gasteiger partial charge in [0.05, 0.1) is 25.9 Å². The van der Waals surface area contributed by atoms with Crippen LogP contribution in [0.2, 0.25) is 0 Å². The Balaban J connectivity index is 1.43. The highest BCUT2D eigenvalue weighted by Crippen LogP contribution is 2.27. The zero-order valence-electron chi connectivity index (χ0n) is 15.1. The summed E-state index contributed by atoms with van der Waals surface area (Å²) < 4.78 is 17.2. The molecule has 0 amide bonds. The van der Waals surface area contributed by atoms with Crippen molar-refractivity contribution < 1.29 is 14.2 Å². The first-order valence-electron chi connectivity index (χ1n) is 9.37. The van der Waals surface area contributed by atoms with Gasteiger partial charge in [-0.3, -0.25) is 4.90 Å². The Bertz CT molecular complexity index is 493. The van der Waals surface area contributed by atoms with Gasteiger partial charge in [-0.25, -0.2) is 0 Å². The van der Waals surface area contributed by atoms with Gasteiger partial charge in [0.2, 0.25) is 0 Å². The van der Waals surface area contributed by atoms with Gasteiger partial charge >= 0.3 is 0 Å². The normalized spacial score (nSPS) is 24.7. The van der Waals surface area contributed by atoms with E-state index in [0.29, 0.717) is 18.2 Å². The SMILES string of the molecule is COc1cccc([C@@H](C)N2CCC(OC[C@H]3CCCCO3)CC2)c1. The first kappa shape index (κ1) is 17.7. The second-order valence-corrected chi connectivity index (χ2v) is 7.01. The average molecular weight is 333 g/mol. The molecule has 2 saturated heterocycles. The molecule has 2 fully saturated rings. The maximum atomic E-state index is 6.12. The summed E-state index contributed by atoms with van der Waals surface area (Å²) in [7, 11) is 1.72. The number of rotatable bonds is 6. The Hall–Kier alpha value is -1.10. The van der Waals surface area contributed by atoms with E-state index < -0.39 is 0 Å². The van der Waals surface area contributed by atoms with Gasteiger partial charge < -0.3 is 14.2 Å². The molecule has 0 unspecified atom stereocenters. The second kappa shape index (κ2) is 8.84. The van der Waals surface area contributed by atoms with Crippen molar-refractivity contribution in [1.29, 1.82) is 0 Å². The second-order valence-electron chi connectivity index (χ2n) is 7.01. The van der Waals surface area contributed by atoms with Crippen LogP contribution < -0.4 is 4.74 Å². The average Bonchev–Trinajstić information content (AvgIpc) is 2.67. The van der Waals surface area contributed by atoms with Gasteiger partial charge in [0, 0.05) is 25.7 Å². The van der Waals surface area contributed by atoms with E-state index in [4.69, 9.17) is 14.2 Å². The molecule has 0 aliphatic carbocycles. The minimum absolute atomic E-state index is 0.326. The maximum absolute atomic E-state index is 6.12. The summed E-state index contributed by atoms with van der Waals surface area (Å²) in [4.78, 5) is 2.55. The lowest BCUT2D eigenvalue weighted by atomic mass is 10.0. The molecular weight excluding hydrogens is 302 g/mol. The first-order chi connectivity index (χ1) is 11.8. The standard InChI is InChI=1S/C20H31NO3/c1-16(17-6-5-8-19(14-17)22-2)21-11-9-18(10-12-21)24-15-20-7-3-4-13-23-20/h5-6,8,14,16,18,20H,3-4,7,9-13,15H2,1-2H3/t16-,20-/m1/s1. The lowest BCUT2D eigenvalue weighted by Gasteiger charge is -2.36. The molecular formula is C20H31NO3. The number of methoxy groups -OCH3 is 1. The van der Waals surface area contributed by atoms with E-state index in [9.17, 15) is 0 Å². The lowest BCUT2D eigenvalue weighted by molar-refractivity contribution is -0.0768. The number of hydrogen-bond acceptors (Lipinski definition) is 4. The summed E-state index contributed by atoms with van der Waals surface area (Å²) in [5.74, 6) is 0.935. The van der Waals surface area contributed by atoms with Crippen LogP contribution in [-0.4, -0.2) is 50.5 Å². The van der Waals surface area contributed by atoms with E-state index in [1.165, 1.54) is 18.4 Å². The van der Waals surface area contributed by atoms with E-state index in [-0.39, 0.29) is 0 Å².